The van der Waals surface area contributed by atoms with E-state index in [4.69, 9.17) is 10.5 Å². The highest BCUT2D eigenvalue weighted by atomic mass is 19.1. The topological polar surface area (TPSA) is 122 Å². The van der Waals surface area contributed by atoms with Gasteiger partial charge in [0.1, 0.15) is 12.1 Å². The van der Waals surface area contributed by atoms with E-state index in [1.54, 1.807) is 26.3 Å². The maximum Gasteiger partial charge on any atom is 0.257 e. The SMILES string of the molecule is COC(C)/N=C\c1c(N2CCC(NC3CC3)CC2)ccc(C(=O)Nc2cc(F)c3nc(C)nn3c2)c1N. The van der Waals surface area contributed by atoms with E-state index in [1.807, 2.05) is 13.0 Å². The number of benzene rings is 1. The number of hydrogen-bond donors (Lipinski definition) is 3. The summed E-state index contributed by atoms with van der Waals surface area (Å²) in [5, 5.41) is 10.6. The summed E-state index contributed by atoms with van der Waals surface area (Å²) in [6.07, 6.45) is 7.46. The number of methoxy groups -OCH3 is 1. The maximum atomic E-state index is 14.5. The molecule has 3 aromatic rings. The molecule has 1 aromatic carbocycles. The smallest absolute Gasteiger partial charge is 0.257 e. The van der Waals surface area contributed by atoms with Crippen LogP contribution in [0.25, 0.3) is 5.65 Å². The molecule has 196 valence electrons. The first kappa shape index (κ1) is 25.1. The highest BCUT2D eigenvalue weighted by Gasteiger charge is 2.28. The van der Waals surface area contributed by atoms with Gasteiger partial charge in [0.2, 0.25) is 0 Å². The second-order valence-corrected chi connectivity index (χ2v) is 9.73. The number of hydrogen-bond acceptors (Lipinski definition) is 8. The summed E-state index contributed by atoms with van der Waals surface area (Å²) >= 11 is 0. The first-order valence-electron chi connectivity index (χ1n) is 12.7. The van der Waals surface area contributed by atoms with Crippen molar-refractivity contribution in [3.05, 3.63) is 47.2 Å². The minimum absolute atomic E-state index is 0.0984. The Balaban J connectivity index is 1.40. The Labute approximate surface area is 215 Å². The lowest BCUT2D eigenvalue weighted by molar-refractivity contribution is 0.102. The number of nitrogens with zero attached hydrogens (tertiary/aromatic N) is 5. The van der Waals surface area contributed by atoms with Crippen LogP contribution in [0, 0.1) is 12.7 Å². The Bertz CT molecular complexity index is 1330. The average Bonchev–Trinajstić information content (AvgIpc) is 3.61. The molecule has 1 atom stereocenters. The molecule has 1 saturated carbocycles. The zero-order chi connectivity index (χ0) is 26.1. The van der Waals surface area contributed by atoms with Crippen LogP contribution >= 0.6 is 0 Å². The Hall–Kier alpha value is -3.57. The van der Waals surface area contributed by atoms with Crippen LogP contribution in [0.1, 0.15) is 54.4 Å². The van der Waals surface area contributed by atoms with Gasteiger partial charge in [0.05, 0.1) is 23.1 Å². The average molecular weight is 509 g/mol. The van der Waals surface area contributed by atoms with Gasteiger partial charge < -0.3 is 26.0 Å². The minimum Gasteiger partial charge on any atom is -0.397 e. The molecular formula is C26H33FN8O2. The lowest BCUT2D eigenvalue weighted by Crippen LogP contribution is -2.43. The standard InChI is InChI=1S/C26H33FN8O2/c1-15-30-25-22(27)12-19(14-35(25)33-15)32-26(36)20-6-7-23(21(24(20)28)13-29-16(2)37-3)34-10-8-18(9-11-34)31-17-4-5-17/h6-7,12-14,16-18,31H,4-5,8-11,28H2,1-3H3,(H,32,36)/b29-13-. The molecular weight excluding hydrogens is 475 g/mol. The monoisotopic (exact) mass is 508 g/mol. The van der Waals surface area contributed by atoms with Gasteiger partial charge in [-0.2, -0.15) is 5.10 Å². The first-order valence-corrected chi connectivity index (χ1v) is 12.7. The number of anilines is 3. The van der Waals surface area contributed by atoms with E-state index in [0.717, 1.165) is 31.6 Å². The second-order valence-electron chi connectivity index (χ2n) is 9.73. The number of nitrogens with one attached hydrogen (secondary N) is 2. The zero-order valence-corrected chi connectivity index (χ0v) is 21.4. The van der Waals surface area contributed by atoms with Crippen molar-refractivity contribution in [1.82, 2.24) is 19.9 Å². The number of carbonyl (C=O) groups excluding carboxylic acids is 1. The van der Waals surface area contributed by atoms with Gasteiger partial charge in [-0.3, -0.25) is 9.79 Å². The number of carbonyl (C=O) groups is 1. The van der Waals surface area contributed by atoms with Gasteiger partial charge in [-0.1, -0.05) is 0 Å². The predicted octanol–water partition coefficient (Wildman–Crippen LogP) is 3.14. The van der Waals surface area contributed by atoms with E-state index in [-0.39, 0.29) is 23.1 Å². The second kappa shape index (κ2) is 10.4. The molecule has 1 amide bonds. The molecule has 37 heavy (non-hydrogen) atoms. The molecule has 1 saturated heterocycles. The van der Waals surface area contributed by atoms with Gasteiger partial charge in [-0.15, -0.1) is 0 Å². The van der Waals surface area contributed by atoms with Crippen LogP contribution in [0.5, 0.6) is 0 Å². The number of aliphatic imine (C=N–C) groups is 1. The van der Waals surface area contributed by atoms with E-state index >= 15 is 0 Å². The van der Waals surface area contributed by atoms with Gasteiger partial charge in [-0.25, -0.2) is 13.9 Å². The molecule has 1 unspecified atom stereocenters. The van der Waals surface area contributed by atoms with Crippen molar-refractivity contribution in [3.63, 3.8) is 0 Å². The van der Waals surface area contributed by atoms with E-state index in [0.29, 0.717) is 29.2 Å². The highest BCUT2D eigenvalue weighted by molar-refractivity contribution is 6.11. The van der Waals surface area contributed by atoms with Crippen LogP contribution < -0.4 is 21.3 Å². The number of fused-ring (bicyclic) bond motifs is 1. The molecule has 0 radical (unpaired) electrons. The number of aryl methyl sites for hydroxylation is 1. The summed E-state index contributed by atoms with van der Waals surface area (Å²) in [6.45, 7) is 5.26. The Morgan fingerprint density at radius 2 is 2.00 bits per heavy atom. The fourth-order valence-electron chi connectivity index (χ4n) is 4.66. The van der Waals surface area contributed by atoms with Crippen molar-refractivity contribution in [2.75, 3.05) is 36.1 Å². The number of nitrogens with two attached hydrogens (primary N) is 1. The normalized spacial score (nSPS) is 17.6. The van der Waals surface area contributed by atoms with E-state index in [9.17, 15) is 9.18 Å². The summed E-state index contributed by atoms with van der Waals surface area (Å²) in [5.74, 6) is -0.604. The maximum absolute atomic E-state index is 14.5. The summed E-state index contributed by atoms with van der Waals surface area (Å²) in [6, 6.07) is 6.05. The third-order valence-corrected chi connectivity index (χ3v) is 6.90. The molecule has 1 aliphatic carbocycles. The molecule has 2 aromatic heterocycles. The van der Waals surface area contributed by atoms with Crippen molar-refractivity contribution in [3.8, 4) is 0 Å². The van der Waals surface area contributed by atoms with Crippen LogP contribution in [0.2, 0.25) is 0 Å². The molecule has 2 fully saturated rings. The number of aromatic nitrogens is 3. The van der Waals surface area contributed by atoms with Crippen LogP contribution in [0.15, 0.2) is 29.4 Å². The number of ether oxygens (including phenoxy) is 1. The fraction of sp³-hybridized carbons (Fsp3) is 0.462. The lowest BCUT2D eigenvalue weighted by Gasteiger charge is -2.35. The van der Waals surface area contributed by atoms with Crippen molar-refractivity contribution in [2.24, 2.45) is 4.99 Å². The molecule has 1 aliphatic heterocycles. The van der Waals surface area contributed by atoms with Crippen molar-refractivity contribution >= 4 is 34.8 Å². The van der Waals surface area contributed by atoms with Gasteiger partial charge in [0, 0.05) is 55.8 Å². The number of amides is 1. The molecule has 11 heteroatoms. The van der Waals surface area contributed by atoms with Crippen LogP contribution in [0.3, 0.4) is 0 Å². The minimum atomic E-state index is -0.581. The van der Waals surface area contributed by atoms with Crippen molar-refractivity contribution in [1.29, 1.82) is 0 Å². The third kappa shape index (κ3) is 5.57. The number of halogens is 1. The van der Waals surface area contributed by atoms with E-state index < -0.39 is 11.7 Å². The Kier molecular flexibility index (Phi) is 7.07. The van der Waals surface area contributed by atoms with Crippen molar-refractivity contribution in [2.45, 2.75) is 57.8 Å². The van der Waals surface area contributed by atoms with Crippen LogP contribution in [-0.2, 0) is 4.74 Å². The summed E-state index contributed by atoms with van der Waals surface area (Å²) < 4.78 is 21.1. The quantitative estimate of drug-likeness (QED) is 0.316. The molecule has 10 nitrogen and oxygen atoms in total. The van der Waals surface area contributed by atoms with Gasteiger partial charge in [-0.05, 0) is 51.7 Å². The van der Waals surface area contributed by atoms with Crippen LogP contribution in [0.4, 0.5) is 21.5 Å². The number of pyridine rings is 1. The summed E-state index contributed by atoms with van der Waals surface area (Å²) in [4.78, 5) is 24.0. The van der Waals surface area contributed by atoms with Gasteiger partial charge in [0.15, 0.2) is 11.5 Å². The molecule has 2 aliphatic rings. The van der Waals surface area contributed by atoms with Gasteiger partial charge in [0.25, 0.3) is 5.91 Å². The summed E-state index contributed by atoms with van der Waals surface area (Å²) in [7, 11) is 1.58. The number of nitrogen functional groups attached to an aromatic ring is 1. The van der Waals surface area contributed by atoms with Crippen molar-refractivity contribution < 1.29 is 13.9 Å². The molecule has 5 rings (SSSR count). The first-order chi connectivity index (χ1) is 17.8. The number of rotatable bonds is 8. The molecule has 0 spiro atoms. The Morgan fingerprint density at radius 3 is 2.70 bits per heavy atom. The van der Waals surface area contributed by atoms with Crippen LogP contribution in [-0.4, -0.2) is 65.2 Å². The van der Waals surface area contributed by atoms with E-state index in [2.05, 4.69) is 30.6 Å². The Morgan fingerprint density at radius 1 is 1.27 bits per heavy atom. The highest BCUT2D eigenvalue weighted by Crippen LogP contribution is 2.31. The molecule has 3 heterocycles. The number of piperidine rings is 1. The summed E-state index contributed by atoms with van der Waals surface area (Å²) in [5.41, 5.74) is 9.08. The molecule has 4 N–H and O–H groups in total. The van der Waals surface area contributed by atoms with Gasteiger partial charge >= 0.3 is 0 Å². The van der Waals surface area contributed by atoms with E-state index in [1.165, 1.54) is 29.6 Å². The predicted molar refractivity (Wildman–Crippen MR) is 142 cm³/mol. The lowest BCUT2D eigenvalue weighted by atomic mass is 10.00. The largest absolute Gasteiger partial charge is 0.397 e. The molecule has 0 bridgehead atoms. The fourth-order valence-corrected chi connectivity index (χ4v) is 4.66. The third-order valence-electron chi connectivity index (χ3n) is 6.90. The zero-order valence-electron chi connectivity index (χ0n) is 21.4.